The molecule has 3 heteroatoms. The van der Waals surface area contributed by atoms with E-state index in [4.69, 9.17) is 10.5 Å². The van der Waals surface area contributed by atoms with Gasteiger partial charge in [0.1, 0.15) is 6.10 Å². The first kappa shape index (κ1) is 16.6. The minimum Gasteiger partial charge on any atom is -0.442 e. The van der Waals surface area contributed by atoms with Crippen LogP contribution in [0.2, 0.25) is 0 Å². The minimum absolute atomic E-state index is 0.197. The molecule has 1 amide bonds. The van der Waals surface area contributed by atoms with Crippen molar-refractivity contribution in [2.75, 3.05) is 0 Å². The van der Waals surface area contributed by atoms with Crippen molar-refractivity contribution >= 4 is 6.09 Å². The van der Waals surface area contributed by atoms with E-state index >= 15 is 0 Å². The summed E-state index contributed by atoms with van der Waals surface area (Å²) < 4.78 is 5.26. The summed E-state index contributed by atoms with van der Waals surface area (Å²) in [5.74, 6) is 0. The molecule has 3 rings (SSSR count). The number of fused-ring (bicyclic) bond motifs is 1. The van der Waals surface area contributed by atoms with Gasteiger partial charge < -0.3 is 10.5 Å². The van der Waals surface area contributed by atoms with Crippen molar-refractivity contribution in [3.63, 3.8) is 0 Å². The summed E-state index contributed by atoms with van der Waals surface area (Å²) in [4.78, 5) is 11.1. The highest BCUT2D eigenvalue weighted by Crippen LogP contribution is 2.35. The van der Waals surface area contributed by atoms with Gasteiger partial charge in [0.25, 0.3) is 0 Å². The summed E-state index contributed by atoms with van der Waals surface area (Å²) >= 11 is 0. The zero-order valence-electron chi connectivity index (χ0n) is 14.3. The standard InChI is InChI=1S/C21H25NO2/c1-2-3-5-15-8-10-16(11-9-15)17-12-13-19-18(14-17)6-4-7-20(19)24-21(22)23/h8-14,20H,2-7H2,1H3,(H2,22,23). The normalized spacial score (nSPS) is 16.5. The Morgan fingerprint density at radius 2 is 1.92 bits per heavy atom. The number of ether oxygens (including phenoxy) is 1. The van der Waals surface area contributed by atoms with Crippen molar-refractivity contribution in [2.45, 2.75) is 51.6 Å². The highest BCUT2D eigenvalue weighted by molar-refractivity contribution is 5.67. The zero-order chi connectivity index (χ0) is 16.9. The van der Waals surface area contributed by atoms with Crippen LogP contribution >= 0.6 is 0 Å². The summed E-state index contributed by atoms with van der Waals surface area (Å²) in [5.41, 5.74) is 11.4. The van der Waals surface area contributed by atoms with Crippen LogP contribution < -0.4 is 5.73 Å². The Kier molecular flexibility index (Phi) is 5.19. The molecule has 1 unspecified atom stereocenters. The summed E-state index contributed by atoms with van der Waals surface area (Å²) in [6, 6.07) is 15.3. The number of carbonyl (C=O) groups excluding carboxylic acids is 1. The molecule has 3 nitrogen and oxygen atoms in total. The Morgan fingerprint density at radius 1 is 1.17 bits per heavy atom. The molecule has 0 spiro atoms. The second kappa shape index (κ2) is 7.52. The van der Waals surface area contributed by atoms with E-state index in [1.54, 1.807) is 0 Å². The highest BCUT2D eigenvalue weighted by atomic mass is 16.6. The summed E-state index contributed by atoms with van der Waals surface area (Å²) in [6.07, 6.45) is 5.60. The first-order valence-electron chi connectivity index (χ1n) is 8.85. The number of aryl methyl sites for hydroxylation is 2. The predicted octanol–water partition coefficient (Wildman–Crippen LogP) is 5.17. The lowest BCUT2D eigenvalue weighted by molar-refractivity contribution is 0.0959. The molecule has 0 aliphatic heterocycles. The van der Waals surface area contributed by atoms with Gasteiger partial charge in [-0.25, -0.2) is 4.79 Å². The molecule has 126 valence electrons. The van der Waals surface area contributed by atoms with Gasteiger partial charge in [0.15, 0.2) is 0 Å². The van der Waals surface area contributed by atoms with Gasteiger partial charge in [-0.05, 0) is 59.9 Å². The fourth-order valence-corrected chi connectivity index (χ4v) is 3.46. The third kappa shape index (κ3) is 3.78. The van der Waals surface area contributed by atoms with Crippen molar-refractivity contribution < 1.29 is 9.53 Å². The Labute approximate surface area is 143 Å². The monoisotopic (exact) mass is 323 g/mol. The maximum absolute atomic E-state index is 11.1. The largest absolute Gasteiger partial charge is 0.442 e. The Bertz CT molecular complexity index is 706. The number of primary amides is 1. The molecule has 1 atom stereocenters. The van der Waals surface area contributed by atoms with Gasteiger partial charge in [0, 0.05) is 0 Å². The summed E-state index contributed by atoms with van der Waals surface area (Å²) in [5, 5.41) is 0. The van der Waals surface area contributed by atoms with Crippen LogP contribution in [0.25, 0.3) is 11.1 Å². The molecular formula is C21H25NO2. The topological polar surface area (TPSA) is 52.3 Å². The van der Waals surface area contributed by atoms with Crippen LogP contribution in [0, 0.1) is 0 Å². The number of hydrogen-bond acceptors (Lipinski definition) is 2. The lowest BCUT2D eigenvalue weighted by atomic mass is 9.87. The lowest BCUT2D eigenvalue weighted by Gasteiger charge is -2.25. The van der Waals surface area contributed by atoms with Gasteiger partial charge in [-0.2, -0.15) is 0 Å². The summed E-state index contributed by atoms with van der Waals surface area (Å²) in [6.45, 7) is 2.22. The molecule has 2 aromatic carbocycles. The minimum atomic E-state index is -0.695. The molecule has 0 bridgehead atoms. The number of rotatable bonds is 5. The average molecular weight is 323 g/mol. The number of nitrogens with two attached hydrogens (primary N) is 1. The molecule has 2 N–H and O–H groups in total. The number of carbonyl (C=O) groups is 1. The zero-order valence-corrected chi connectivity index (χ0v) is 14.3. The SMILES string of the molecule is CCCCc1ccc(-c2ccc3c(c2)CCCC3OC(N)=O)cc1. The molecular weight excluding hydrogens is 298 g/mol. The molecule has 1 aliphatic carbocycles. The van der Waals surface area contributed by atoms with E-state index in [9.17, 15) is 4.79 Å². The van der Waals surface area contributed by atoms with Gasteiger partial charge in [0.05, 0.1) is 0 Å². The van der Waals surface area contributed by atoms with Crippen LogP contribution in [0.4, 0.5) is 4.79 Å². The van der Waals surface area contributed by atoms with E-state index in [0.29, 0.717) is 0 Å². The van der Waals surface area contributed by atoms with E-state index in [-0.39, 0.29) is 6.10 Å². The van der Waals surface area contributed by atoms with E-state index in [0.717, 1.165) is 31.2 Å². The van der Waals surface area contributed by atoms with E-state index in [1.807, 2.05) is 0 Å². The molecule has 0 aromatic heterocycles. The molecule has 0 heterocycles. The quantitative estimate of drug-likeness (QED) is 0.825. The van der Waals surface area contributed by atoms with Gasteiger partial charge >= 0.3 is 6.09 Å². The second-order valence-corrected chi connectivity index (χ2v) is 6.53. The van der Waals surface area contributed by atoms with Crippen LogP contribution in [-0.4, -0.2) is 6.09 Å². The molecule has 0 radical (unpaired) electrons. The van der Waals surface area contributed by atoms with Crippen molar-refractivity contribution in [1.29, 1.82) is 0 Å². The lowest BCUT2D eigenvalue weighted by Crippen LogP contribution is -2.20. The van der Waals surface area contributed by atoms with E-state index < -0.39 is 6.09 Å². The number of benzene rings is 2. The molecule has 24 heavy (non-hydrogen) atoms. The first-order valence-corrected chi connectivity index (χ1v) is 8.85. The number of amides is 1. The van der Waals surface area contributed by atoms with Gasteiger partial charge in [-0.1, -0.05) is 55.8 Å². The average Bonchev–Trinajstić information content (AvgIpc) is 2.60. The molecule has 2 aromatic rings. The smallest absolute Gasteiger partial charge is 0.405 e. The van der Waals surface area contributed by atoms with Crippen LogP contribution in [-0.2, 0) is 17.6 Å². The summed E-state index contributed by atoms with van der Waals surface area (Å²) in [7, 11) is 0. The predicted molar refractivity (Wildman–Crippen MR) is 96.8 cm³/mol. The molecule has 0 saturated heterocycles. The van der Waals surface area contributed by atoms with Crippen LogP contribution in [0.15, 0.2) is 42.5 Å². The van der Waals surface area contributed by atoms with Gasteiger partial charge in [-0.3, -0.25) is 0 Å². The van der Waals surface area contributed by atoms with Gasteiger partial charge in [0.2, 0.25) is 0 Å². The number of hydrogen-bond donors (Lipinski definition) is 1. The third-order valence-corrected chi connectivity index (χ3v) is 4.77. The van der Waals surface area contributed by atoms with Crippen molar-refractivity contribution in [2.24, 2.45) is 5.73 Å². The maximum Gasteiger partial charge on any atom is 0.405 e. The van der Waals surface area contributed by atoms with Crippen molar-refractivity contribution in [3.8, 4) is 11.1 Å². The highest BCUT2D eigenvalue weighted by Gasteiger charge is 2.23. The van der Waals surface area contributed by atoms with Crippen molar-refractivity contribution in [3.05, 3.63) is 59.2 Å². The molecule has 0 fully saturated rings. The fourth-order valence-electron chi connectivity index (χ4n) is 3.46. The van der Waals surface area contributed by atoms with Crippen LogP contribution in [0.3, 0.4) is 0 Å². The third-order valence-electron chi connectivity index (χ3n) is 4.77. The van der Waals surface area contributed by atoms with Gasteiger partial charge in [-0.15, -0.1) is 0 Å². The number of unbranched alkanes of at least 4 members (excludes halogenated alkanes) is 1. The Balaban J connectivity index is 1.81. The Hall–Kier alpha value is -2.29. The van der Waals surface area contributed by atoms with Crippen LogP contribution in [0.1, 0.15) is 55.4 Å². The fraction of sp³-hybridized carbons (Fsp3) is 0.381. The Morgan fingerprint density at radius 3 is 2.62 bits per heavy atom. The molecule has 1 aliphatic rings. The van der Waals surface area contributed by atoms with Crippen LogP contribution in [0.5, 0.6) is 0 Å². The van der Waals surface area contributed by atoms with E-state index in [1.165, 1.54) is 35.1 Å². The van der Waals surface area contributed by atoms with E-state index in [2.05, 4.69) is 49.4 Å². The first-order chi connectivity index (χ1) is 11.7. The van der Waals surface area contributed by atoms with Crippen molar-refractivity contribution in [1.82, 2.24) is 0 Å². The maximum atomic E-state index is 11.1. The molecule has 0 saturated carbocycles. The second-order valence-electron chi connectivity index (χ2n) is 6.53.